The maximum absolute atomic E-state index is 13.5. The van der Waals surface area contributed by atoms with Crippen LogP contribution < -0.4 is 5.73 Å². The van der Waals surface area contributed by atoms with Gasteiger partial charge in [0.25, 0.3) is 0 Å². The lowest BCUT2D eigenvalue weighted by Gasteiger charge is -2.07. The molecule has 0 saturated heterocycles. The zero-order chi connectivity index (χ0) is 13.1. The molecule has 2 aromatic carbocycles. The molecule has 88 valence electrons. The van der Waals surface area contributed by atoms with Crippen LogP contribution in [-0.2, 0) is 0 Å². The molecule has 0 saturated carbocycles. The molecular formula is C14H9FN2O. The van der Waals surface area contributed by atoms with Crippen LogP contribution >= 0.6 is 0 Å². The van der Waals surface area contributed by atoms with Gasteiger partial charge in [-0.05, 0) is 29.3 Å². The van der Waals surface area contributed by atoms with Gasteiger partial charge in [-0.15, -0.1) is 0 Å². The Bertz CT molecular complexity index is 659. The van der Waals surface area contributed by atoms with Crippen LogP contribution in [0.1, 0.15) is 15.9 Å². The molecule has 18 heavy (non-hydrogen) atoms. The summed E-state index contributed by atoms with van der Waals surface area (Å²) in [6.45, 7) is 0. The van der Waals surface area contributed by atoms with Crippen LogP contribution in [0.2, 0.25) is 0 Å². The van der Waals surface area contributed by atoms with Crippen LogP contribution in [0.25, 0.3) is 11.1 Å². The number of carbonyl (C=O) groups excluding carboxylic acids is 1. The van der Waals surface area contributed by atoms with Crippen molar-refractivity contribution >= 4 is 5.91 Å². The number of carbonyl (C=O) groups is 1. The van der Waals surface area contributed by atoms with Crippen LogP contribution in [0.3, 0.4) is 0 Å². The zero-order valence-electron chi connectivity index (χ0n) is 9.35. The maximum atomic E-state index is 13.5. The van der Waals surface area contributed by atoms with Crippen molar-refractivity contribution in [3.05, 3.63) is 59.4 Å². The largest absolute Gasteiger partial charge is 0.366 e. The molecule has 0 aliphatic rings. The standard InChI is InChI=1S/C14H9FN2O/c15-13-7-9(5-6-10(13)8-16)11-3-1-2-4-12(11)14(17)18/h1-7H,(H2,17,18). The van der Waals surface area contributed by atoms with Gasteiger partial charge in [0, 0.05) is 5.56 Å². The monoisotopic (exact) mass is 240 g/mol. The molecular weight excluding hydrogens is 231 g/mol. The first-order valence-electron chi connectivity index (χ1n) is 5.22. The van der Waals surface area contributed by atoms with Crippen molar-refractivity contribution in [2.24, 2.45) is 5.73 Å². The van der Waals surface area contributed by atoms with E-state index in [4.69, 9.17) is 11.0 Å². The van der Waals surface area contributed by atoms with E-state index in [0.29, 0.717) is 16.7 Å². The van der Waals surface area contributed by atoms with Crippen molar-refractivity contribution in [3.63, 3.8) is 0 Å². The molecule has 0 atom stereocenters. The third-order valence-corrected chi connectivity index (χ3v) is 2.59. The molecule has 0 aliphatic heterocycles. The van der Waals surface area contributed by atoms with Crippen LogP contribution in [0, 0.1) is 17.1 Å². The lowest BCUT2D eigenvalue weighted by atomic mass is 9.98. The quantitative estimate of drug-likeness (QED) is 0.876. The first-order chi connectivity index (χ1) is 8.63. The van der Waals surface area contributed by atoms with E-state index >= 15 is 0 Å². The second-order valence-corrected chi connectivity index (χ2v) is 3.72. The molecule has 0 radical (unpaired) electrons. The van der Waals surface area contributed by atoms with E-state index in [1.165, 1.54) is 12.1 Å². The van der Waals surface area contributed by atoms with Gasteiger partial charge >= 0.3 is 0 Å². The van der Waals surface area contributed by atoms with Crippen LogP contribution in [-0.4, -0.2) is 5.91 Å². The average molecular weight is 240 g/mol. The number of nitriles is 1. The normalized spacial score (nSPS) is 9.78. The second-order valence-electron chi connectivity index (χ2n) is 3.72. The predicted molar refractivity (Wildman–Crippen MR) is 65.1 cm³/mol. The molecule has 0 aromatic heterocycles. The van der Waals surface area contributed by atoms with E-state index in [1.54, 1.807) is 36.4 Å². The van der Waals surface area contributed by atoms with Gasteiger partial charge in [-0.3, -0.25) is 4.79 Å². The molecule has 2 rings (SSSR count). The number of benzene rings is 2. The molecule has 3 nitrogen and oxygen atoms in total. The zero-order valence-corrected chi connectivity index (χ0v) is 9.35. The molecule has 0 aliphatic carbocycles. The maximum Gasteiger partial charge on any atom is 0.249 e. The van der Waals surface area contributed by atoms with Gasteiger partial charge < -0.3 is 5.73 Å². The van der Waals surface area contributed by atoms with Gasteiger partial charge in [0.1, 0.15) is 11.9 Å². The van der Waals surface area contributed by atoms with Crippen molar-refractivity contribution < 1.29 is 9.18 Å². The van der Waals surface area contributed by atoms with Gasteiger partial charge in [-0.1, -0.05) is 24.3 Å². The fourth-order valence-electron chi connectivity index (χ4n) is 1.72. The Labute approximate surface area is 103 Å². The fraction of sp³-hybridized carbons (Fsp3) is 0. The number of amides is 1. The third kappa shape index (κ3) is 2.06. The summed E-state index contributed by atoms with van der Waals surface area (Å²) in [5.74, 6) is -1.19. The van der Waals surface area contributed by atoms with Crippen molar-refractivity contribution in [3.8, 4) is 17.2 Å². The second kappa shape index (κ2) is 4.68. The van der Waals surface area contributed by atoms with E-state index in [0.717, 1.165) is 0 Å². The highest BCUT2D eigenvalue weighted by atomic mass is 19.1. The summed E-state index contributed by atoms with van der Waals surface area (Å²) in [6.07, 6.45) is 0. The highest BCUT2D eigenvalue weighted by Gasteiger charge is 2.11. The topological polar surface area (TPSA) is 66.9 Å². The van der Waals surface area contributed by atoms with E-state index in [9.17, 15) is 9.18 Å². The Hall–Kier alpha value is -2.67. The van der Waals surface area contributed by atoms with E-state index in [2.05, 4.69) is 0 Å². The van der Waals surface area contributed by atoms with Gasteiger partial charge in [-0.25, -0.2) is 4.39 Å². The first kappa shape index (κ1) is 11.8. The minimum atomic E-state index is -0.616. The number of nitrogens with zero attached hydrogens (tertiary/aromatic N) is 1. The smallest absolute Gasteiger partial charge is 0.249 e. The number of primary amides is 1. The SMILES string of the molecule is N#Cc1ccc(-c2ccccc2C(N)=O)cc1F. The van der Waals surface area contributed by atoms with Crippen LogP contribution in [0.15, 0.2) is 42.5 Å². The summed E-state index contributed by atoms with van der Waals surface area (Å²) in [5, 5.41) is 8.66. The predicted octanol–water partition coefficient (Wildman–Crippen LogP) is 2.46. The number of nitrogens with two attached hydrogens (primary N) is 1. The van der Waals surface area contributed by atoms with E-state index in [-0.39, 0.29) is 5.56 Å². The highest BCUT2D eigenvalue weighted by Crippen LogP contribution is 2.25. The molecule has 0 spiro atoms. The Morgan fingerprint density at radius 2 is 1.94 bits per heavy atom. The Balaban J connectivity index is 2.60. The highest BCUT2D eigenvalue weighted by molar-refractivity contribution is 5.99. The Morgan fingerprint density at radius 1 is 1.22 bits per heavy atom. The van der Waals surface area contributed by atoms with Gasteiger partial charge in [0.05, 0.1) is 5.56 Å². The number of rotatable bonds is 2. The van der Waals surface area contributed by atoms with E-state index in [1.807, 2.05) is 0 Å². The number of halogens is 1. The van der Waals surface area contributed by atoms with E-state index < -0.39 is 11.7 Å². The van der Waals surface area contributed by atoms with Gasteiger partial charge in [-0.2, -0.15) is 5.26 Å². The van der Waals surface area contributed by atoms with Crippen molar-refractivity contribution in [2.45, 2.75) is 0 Å². The van der Waals surface area contributed by atoms with Gasteiger partial charge in [0.2, 0.25) is 5.91 Å². The molecule has 0 unspecified atom stereocenters. The van der Waals surface area contributed by atoms with Crippen LogP contribution in [0.5, 0.6) is 0 Å². The minimum Gasteiger partial charge on any atom is -0.366 e. The molecule has 0 fully saturated rings. The molecule has 0 heterocycles. The molecule has 0 bridgehead atoms. The minimum absolute atomic E-state index is 0.0321. The Morgan fingerprint density at radius 3 is 2.56 bits per heavy atom. The summed E-state index contributed by atoms with van der Waals surface area (Å²) >= 11 is 0. The summed E-state index contributed by atoms with van der Waals surface area (Å²) in [7, 11) is 0. The van der Waals surface area contributed by atoms with Crippen LogP contribution in [0.4, 0.5) is 4.39 Å². The fourth-order valence-corrected chi connectivity index (χ4v) is 1.72. The summed E-state index contributed by atoms with van der Waals surface area (Å²) in [5.41, 5.74) is 6.61. The molecule has 4 heteroatoms. The van der Waals surface area contributed by atoms with Crippen molar-refractivity contribution in [1.29, 1.82) is 5.26 Å². The summed E-state index contributed by atoms with van der Waals surface area (Å²) in [4.78, 5) is 11.3. The molecule has 2 N–H and O–H groups in total. The van der Waals surface area contributed by atoms with Gasteiger partial charge in [0.15, 0.2) is 0 Å². The summed E-state index contributed by atoms with van der Waals surface area (Å²) < 4.78 is 13.5. The summed E-state index contributed by atoms with van der Waals surface area (Å²) in [6, 6.07) is 12.6. The lowest BCUT2D eigenvalue weighted by molar-refractivity contribution is 0.100. The number of hydrogen-bond acceptors (Lipinski definition) is 2. The first-order valence-corrected chi connectivity index (χ1v) is 5.22. The molecule has 1 amide bonds. The van der Waals surface area contributed by atoms with Crippen molar-refractivity contribution in [2.75, 3.05) is 0 Å². The average Bonchev–Trinajstić information content (AvgIpc) is 2.38. The number of hydrogen-bond donors (Lipinski definition) is 1. The van der Waals surface area contributed by atoms with Crippen molar-refractivity contribution in [1.82, 2.24) is 0 Å². The lowest BCUT2D eigenvalue weighted by Crippen LogP contribution is -2.12. The third-order valence-electron chi connectivity index (χ3n) is 2.59. The Kier molecular flexibility index (Phi) is 3.07. The molecule has 2 aromatic rings.